The van der Waals surface area contributed by atoms with Gasteiger partial charge in [0.15, 0.2) is 17.6 Å². The van der Waals surface area contributed by atoms with Gasteiger partial charge >= 0.3 is 17.9 Å². The van der Waals surface area contributed by atoms with E-state index in [0.29, 0.717) is 29.9 Å². The molecular weight excluding hydrogens is 518 g/mol. The number of likely N-dealkylation sites (N-methyl/N-ethyl adjacent to an activating group) is 1. The molecule has 0 amide bonds. The van der Waals surface area contributed by atoms with Gasteiger partial charge in [-0.25, -0.2) is 4.79 Å². The van der Waals surface area contributed by atoms with Crippen LogP contribution >= 0.6 is 0 Å². The Bertz CT molecular complexity index is 1410. The van der Waals surface area contributed by atoms with Gasteiger partial charge in [0.05, 0.1) is 31.0 Å². The van der Waals surface area contributed by atoms with Crippen LogP contribution in [0.25, 0.3) is 0 Å². The Hall–Kier alpha value is -3.89. The highest BCUT2D eigenvalue weighted by atomic mass is 16.6. The number of rotatable bonds is 8. The molecule has 1 fully saturated rings. The van der Waals surface area contributed by atoms with Gasteiger partial charge in [-0.05, 0) is 44.1 Å². The van der Waals surface area contributed by atoms with E-state index in [2.05, 4.69) is 4.90 Å². The third kappa shape index (κ3) is 3.81. The summed E-state index contributed by atoms with van der Waals surface area (Å²) in [6.07, 6.45) is 0.166. The van der Waals surface area contributed by atoms with E-state index in [0.717, 1.165) is 17.7 Å². The zero-order valence-electron chi connectivity index (χ0n) is 22.3. The number of hydrogen-bond acceptors (Lipinski definition) is 9. The average Bonchev–Trinajstić information content (AvgIpc) is 3.30. The number of ether oxygens (including phenoxy) is 4. The van der Waals surface area contributed by atoms with E-state index in [1.807, 2.05) is 19.2 Å². The van der Waals surface area contributed by atoms with Crippen LogP contribution in [0.1, 0.15) is 48.5 Å². The zero-order valence-corrected chi connectivity index (χ0v) is 22.3. The summed E-state index contributed by atoms with van der Waals surface area (Å²) in [6.45, 7) is 0.720. The van der Waals surface area contributed by atoms with Crippen LogP contribution in [0.15, 0.2) is 54.3 Å². The number of carbonyl (C=O) groups excluding carboxylic acids is 2. The number of aliphatic hydroxyl groups is 1. The summed E-state index contributed by atoms with van der Waals surface area (Å²) in [5, 5.41) is 21.3. The summed E-state index contributed by atoms with van der Waals surface area (Å²) in [4.78, 5) is 39.2. The molecule has 4 aliphatic rings. The Balaban J connectivity index is 1.36. The van der Waals surface area contributed by atoms with Crippen molar-refractivity contribution in [2.24, 2.45) is 0 Å². The number of aliphatic carboxylic acids is 1. The van der Waals surface area contributed by atoms with Crippen LogP contribution in [-0.2, 0) is 35.7 Å². The van der Waals surface area contributed by atoms with Crippen LogP contribution in [0.2, 0.25) is 0 Å². The molecule has 0 radical (unpaired) electrons. The van der Waals surface area contributed by atoms with Crippen molar-refractivity contribution in [1.82, 2.24) is 4.90 Å². The summed E-state index contributed by atoms with van der Waals surface area (Å²) in [7, 11) is 3.58. The van der Waals surface area contributed by atoms with Crippen molar-refractivity contribution in [3.05, 3.63) is 71.0 Å². The van der Waals surface area contributed by atoms with Crippen molar-refractivity contribution < 1.29 is 43.5 Å². The second-order valence-electron chi connectivity index (χ2n) is 10.9. The maximum Gasteiger partial charge on any atom is 0.357 e. The molecule has 6 rings (SSSR count). The fraction of sp³-hybridized carbons (Fsp3) is 0.433. The smallest absolute Gasteiger partial charge is 0.357 e. The quantitative estimate of drug-likeness (QED) is 0.474. The highest BCUT2D eigenvalue weighted by Crippen LogP contribution is 2.65. The number of piperidine rings is 1. The largest absolute Gasteiger partial charge is 0.493 e. The molecule has 40 heavy (non-hydrogen) atoms. The minimum atomic E-state index is -1.41. The molecule has 1 saturated heterocycles. The van der Waals surface area contributed by atoms with Crippen LogP contribution in [-0.4, -0.2) is 71.5 Å². The molecule has 0 unspecified atom stereocenters. The number of hydrogen-bond donors (Lipinski definition) is 2. The molecule has 0 saturated carbocycles. The first kappa shape index (κ1) is 26.3. The summed E-state index contributed by atoms with van der Waals surface area (Å²) in [6, 6.07) is 12.1. The monoisotopic (exact) mass is 549 g/mol. The SMILES string of the molecule is COc1ccc2c3c1O[C@H]1C(OC(=O)[C@@H](OC(=O)CCC(=O)O)c4ccccc4)=CC[C@@]4(O)[C@@H](C2)N(C)CC[C@]314. The van der Waals surface area contributed by atoms with Crippen LogP contribution in [0.5, 0.6) is 11.5 Å². The Morgan fingerprint density at radius 3 is 2.65 bits per heavy atom. The number of carboxylic acids is 1. The number of methoxy groups -OCH3 is 1. The van der Waals surface area contributed by atoms with Crippen molar-refractivity contribution >= 4 is 17.9 Å². The van der Waals surface area contributed by atoms with Crippen molar-refractivity contribution in [2.45, 2.75) is 61.4 Å². The van der Waals surface area contributed by atoms with E-state index in [9.17, 15) is 19.5 Å². The third-order valence-corrected chi connectivity index (χ3v) is 8.89. The fourth-order valence-corrected chi connectivity index (χ4v) is 7.04. The van der Waals surface area contributed by atoms with Crippen molar-refractivity contribution in [3.8, 4) is 11.5 Å². The molecule has 0 aromatic heterocycles. The van der Waals surface area contributed by atoms with E-state index < -0.39 is 47.6 Å². The molecule has 2 aliphatic heterocycles. The predicted molar refractivity (Wildman–Crippen MR) is 140 cm³/mol. The molecule has 2 bridgehead atoms. The van der Waals surface area contributed by atoms with Gasteiger partial charge in [0.25, 0.3) is 0 Å². The summed E-state index contributed by atoms with van der Waals surface area (Å²) >= 11 is 0. The molecule has 10 heteroatoms. The number of esters is 2. The highest BCUT2D eigenvalue weighted by molar-refractivity contribution is 5.83. The topological polar surface area (TPSA) is 132 Å². The summed E-state index contributed by atoms with van der Waals surface area (Å²) < 4.78 is 23.5. The lowest BCUT2D eigenvalue weighted by molar-refractivity contribution is -0.176. The third-order valence-electron chi connectivity index (χ3n) is 8.89. The standard InChI is InChI=1S/C30H31NO9/c1-31-15-14-29-24-18-8-9-19(37-2)26(24)40-27(29)20(12-13-30(29,36)21(31)16-18)38-28(35)25(17-6-4-3-5-7-17)39-23(34)11-10-22(32)33/h3-9,12,21,25,27,36H,10-11,13-16H2,1-2H3,(H,32,33)/t21-,25+,27+,29+,30-/m1/s1. The van der Waals surface area contributed by atoms with Gasteiger partial charge in [-0.2, -0.15) is 0 Å². The maximum atomic E-state index is 13.6. The van der Waals surface area contributed by atoms with Gasteiger partial charge in [0.2, 0.25) is 6.10 Å². The normalized spacial score (nSPS) is 28.4. The first-order chi connectivity index (χ1) is 19.2. The molecule has 2 heterocycles. The Morgan fingerprint density at radius 1 is 1.15 bits per heavy atom. The Labute approximate surface area is 231 Å². The molecule has 1 spiro atoms. The molecule has 210 valence electrons. The van der Waals surface area contributed by atoms with Crippen molar-refractivity contribution in [3.63, 3.8) is 0 Å². The van der Waals surface area contributed by atoms with E-state index in [4.69, 9.17) is 24.1 Å². The Kier molecular flexibility index (Phi) is 6.35. The van der Waals surface area contributed by atoms with E-state index in [-0.39, 0.29) is 24.6 Å². The van der Waals surface area contributed by atoms with Gasteiger partial charge < -0.3 is 34.1 Å². The van der Waals surface area contributed by atoms with Gasteiger partial charge in [-0.1, -0.05) is 36.4 Å². The van der Waals surface area contributed by atoms with Gasteiger partial charge in [0, 0.05) is 23.6 Å². The van der Waals surface area contributed by atoms with E-state index >= 15 is 0 Å². The Morgan fingerprint density at radius 2 is 1.93 bits per heavy atom. The molecule has 2 aromatic carbocycles. The first-order valence-electron chi connectivity index (χ1n) is 13.4. The fourth-order valence-electron chi connectivity index (χ4n) is 7.04. The number of carbonyl (C=O) groups is 3. The maximum absolute atomic E-state index is 13.6. The number of carboxylic acid groups (broad SMARTS) is 1. The van der Waals surface area contributed by atoms with E-state index in [1.165, 1.54) is 0 Å². The van der Waals surface area contributed by atoms with Crippen LogP contribution in [0.4, 0.5) is 0 Å². The molecule has 2 aliphatic carbocycles. The lowest BCUT2D eigenvalue weighted by Gasteiger charge is -2.61. The second-order valence-corrected chi connectivity index (χ2v) is 10.9. The predicted octanol–water partition coefficient (Wildman–Crippen LogP) is 2.67. The molecule has 2 N–H and O–H groups in total. The second kappa shape index (κ2) is 9.64. The average molecular weight is 550 g/mol. The zero-order chi connectivity index (χ0) is 28.2. The minimum absolute atomic E-state index is 0.153. The van der Waals surface area contributed by atoms with Gasteiger partial charge in [-0.15, -0.1) is 0 Å². The van der Waals surface area contributed by atoms with Crippen LogP contribution in [0, 0.1) is 0 Å². The molecule has 10 nitrogen and oxygen atoms in total. The van der Waals surface area contributed by atoms with Crippen LogP contribution in [0.3, 0.4) is 0 Å². The minimum Gasteiger partial charge on any atom is -0.493 e. The van der Waals surface area contributed by atoms with Gasteiger partial charge in [-0.3, -0.25) is 9.59 Å². The number of likely N-dealkylation sites (tertiary alicyclic amines) is 1. The lowest BCUT2D eigenvalue weighted by Crippen LogP contribution is -2.74. The first-order valence-corrected chi connectivity index (χ1v) is 13.4. The van der Waals surface area contributed by atoms with Crippen molar-refractivity contribution in [1.29, 1.82) is 0 Å². The summed E-state index contributed by atoms with van der Waals surface area (Å²) in [5.41, 5.74) is 0.352. The van der Waals surface area contributed by atoms with E-state index in [1.54, 1.807) is 43.5 Å². The molecular formula is C30H31NO9. The highest BCUT2D eigenvalue weighted by Gasteiger charge is 2.72. The lowest BCUT2D eigenvalue weighted by atomic mass is 9.50. The molecule has 5 atom stereocenters. The van der Waals surface area contributed by atoms with Crippen molar-refractivity contribution in [2.75, 3.05) is 20.7 Å². The summed E-state index contributed by atoms with van der Waals surface area (Å²) in [5.74, 6) is -1.48. The number of benzene rings is 2. The van der Waals surface area contributed by atoms with Gasteiger partial charge in [0.1, 0.15) is 5.76 Å². The van der Waals surface area contributed by atoms with Crippen LogP contribution < -0.4 is 9.47 Å². The number of nitrogens with zero attached hydrogens (tertiary/aromatic N) is 1. The molecule has 2 aromatic rings.